The van der Waals surface area contributed by atoms with Crippen LogP contribution in [0.1, 0.15) is 33.1 Å². The highest BCUT2D eigenvalue weighted by molar-refractivity contribution is 8.00. The van der Waals surface area contributed by atoms with E-state index in [-0.39, 0.29) is 17.3 Å². The van der Waals surface area contributed by atoms with E-state index >= 15 is 0 Å². The molecule has 2 saturated heterocycles. The molecule has 2 fully saturated rings. The van der Waals surface area contributed by atoms with Crippen LogP contribution in [0.25, 0.3) is 0 Å². The first-order valence-corrected chi connectivity index (χ1v) is 8.24. The molecule has 2 amide bonds. The zero-order chi connectivity index (χ0) is 14.7. The van der Waals surface area contributed by atoms with E-state index in [1.54, 1.807) is 11.8 Å². The molecule has 0 aromatic carbocycles. The summed E-state index contributed by atoms with van der Waals surface area (Å²) < 4.78 is 0. The average molecular weight is 301 g/mol. The lowest BCUT2D eigenvalue weighted by atomic mass is 10.1. The molecule has 2 N–H and O–H groups in total. The molecule has 0 radical (unpaired) electrons. The van der Waals surface area contributed by atoms with Gasteiger partial charge in [0.05, 0.1) is 5.37 Å². The Bertz CT molecular complexity index is 372. The van der Waals surface area contributed by atoms with Crippen molar-refractivity contribution in [1.29, 1.82) is 0 Å². The molecule has 0 aromatic rings. The van der Waals surface area contributed by atoms with Gasteiger partial charge in [-0.1, -0.05) is 20.3 Å². The highest BCUT2D eigenvalue weighted by Crippen LogP contribution is 2.34. The van der Waals surface area contributed by atoms with Crippen LogP contribution in [0.2, 0.25) is 0 Å². The molecule has 2 aliphatic rings. The third-order valence-corrected chi connectivity index (χ3v) is 5.36. The van der Waals surface area contributed by atoms with Crippen molar-refractivity contribution in [3.8, 4) is 0 Å². The fourth-order valence-corrected chi connectivity index (χ4v) is 4.16. The molecule has 6 nitrogen and oxygen atoms in total. The van der Waals surface area contributed by atoms with E-state index < -0.39 is 12.0 Å². The Hall–Kier alpha value is -0.950. The van der Waals surface area contributed by atoms with E-state index in [1.807, 2.05) is 18.9 Å². The second-order valence-electron chi connectivity index (χ2n) is 5.69. The predicted octanol–water partition coefficient (Wildman–Crippen LogP) is 1.58. The number of urea groups is 1. The van der Waals surface area contributed by atoms with Crippen molar-refractivity contribution >= 4 is 23.8 Å². The molecule has 0 aliphatic carbocycles. The summed E-state index contributed by atoms with van der Waals surface area (Å²) in [6.07, 6.45) is 3.34. The quantitative estimate of drug-likeness (QED) is 0.828. The van der Waals surface area contributed by atoms with Crippen LogP contribution in [0.15, 0.2) is 0 Å². The SMILES string of the molecule is CC(C)C1SCC(C(=O)O)N1C(=O)NN1CCCCC1. The van der Waals surface area contributed by atoms with Crippen LogP contribution in [-0.4, -0.2) is 57.3 Å². The van der Waals surface area contributed by atoms with Gasteiger partial charge in [-0.3, -0.25) is 10.3 Å². The summed E-state index contributed by atoms with van der Waals surface area (Å²) in [5.74, 6) is -0.225. The summed E-state index contributed by atoms with van der Waals surface area (Å²) in [6.45, 7) is 5.72. The molecule has 0 saturated carbocycles. The van der Waals surface area contributed by atoms with E-state index in [4.69, 9.17) is 0 Å². The highest BCUT2D eigenvalue weighted by Gasteiger charge is 2.43. The Labute approximate surface area is 123 Å². The maximum absolute atomic E-state index is 12.4. The Morgan fingerprint density at radius 1 is 1.25 bits per heavy atom. The van der Waals surface area contributed by atoms with E-state index in [1.165, 1.54) is 11.3 Å². The lowest BCUT2D eigenvalue weighted by Gasteiger charge is -2.34. The van der Waals surface area contributed by atoms with Crippen LogP contribution in [0.4, 0.5) is 4.79 Å². The molecule has 2 aliphatic heterocycles. The Morgan fingerprint density at radius 3 is 2.45 bits per heavy atom. The van der Waals surface area contributed by atoms with Crippen molar-refractivity contribution in [1.82, 2.24) is 15.3 Å². The van der Waals surface area contributed by atoms with Crippen molar-refractivity contribution in [3.05, 3.63) is 0 Å². The van der Waals surface area contributed by atoms with Crippen molar-refractivity contribution < 1.29 is 14.7 Å². The first kappa shape index (κ1) is 15.4. The topological polar surface area (TPSA) is 72.9 Å². The number of carbonyl (C=O) groups excluding carboxylic acids is 1. The summed E-state index contributed by atoms with van der Waals surface area (Å²) in [7, 11) is 0. The molecule has 2 heterocycles. The molecular formula is C13H23N3O3S. The standard InChI is InChI=1S/C13H23N3O3S/c1-9(2)11-16(10(8-20-11)12(17)18)13(19)14-15-6-4-3-5-7-15/h9-11H,3-8H2,1-2H3,(H,14,19)(H,17,18). The molecule has 2 unspecified atom stereocenters. The monoisotopic (exact) mass is 301 g/mol. The third kappa shape index (κ3) is 3.38. The third-order valence-electron chi connectivity index (χ3n) is 3.73. The van der Waals surface area contributed by atoms with Crippen LogP contribution >= 0.6 is 11.8 Å². The van der Waals surface area contributed by atoms with Gasteiger partial charge in [-0.05, 0) is 18.8 Å². The van der Waals surface area contributed by atoms with Crippen LogP contribution in [0, 0.1) is 5.92 Å². The van der Waals surface area contributed by atoms with Gasteiger partial charge in [0.25, 0.3) is 0 Å². The molecule has 7 heteroatoms. The van der Waals surface area contributed by atoms with Gasteiger partial charge in [0, 0.05) is 18.8 Å². The fourth-order valence-electron chi connectivity index (χ4n) is 2.69. The first-order valence-electron chi connectivity index (χ1n) is 7.19. The summed E-state index contributed by atoms with van der Waals surface area (Å²) in [6, 6.07) is -1.000. The first-order chi connectivity index (χ1) is 9.50. The van der Waals surface area contributed by atoms with Crippen molar-refractivity contribution in [2.24, 2.45) is 5.92 Å². The number of rotatable bonds is 3. The van der Waals surface area contributed by atoms with E-state index in [9.17, 15) is 14.7 Å². The number of carboxylic acids is 1. The normalized spacial score (nSPS) is 27.9. The number of nitrogens with one attached hydrogen (secondary N) is 1. The second-order valence-corrected chi connectivity index (χ2v) is 6.84. The van der Waals surface area contributed by atoms with Gasteiger partial charge in [0.15, 0.2) is 0 Å². The summed E-state index contributed by atoms with van der Waals surface area (Å²) in [5.41, 5.74) is 2.87. The molecule has 2 atom stereocenters. The number of hydrogen-bond acceptors (Lipinski definition) is 4. The van der Waals surface area contributed by atoms with Gasteiger partial charge in [0.2, 0.25) is 0 Å². The minimum Gasteiger partial charge on any atom is -0.480 e. The number of thioether (sulfide) groups is 1. The van der Waals surface area contributed by atoms with Crippen LogP contribution in [-0.2, 0) is 4.79 Å². The second kappa shape index (κ2) is 6.67. The molecule has 2 rings (SSSR count). The molecule has 114 valence electrons. The molecule has 0 aromatic heterocycles. The minimum absolute atomic E-state index is 0.0686. The smallest absolute Gasteiger partial charge is 0.333 e. The number of piperidine rings is 1. The predicted molar refractivity (Wildman–Crippen MR) is 78.3 cm³/mol. The summed E-state index contributed by atoms with van der Waals surface area (Å²) in [4.78, 5) is 25.3. The summed E-state index contributed by atoms with van der Waals surface area (Å²) in [5, 5.41) is 11.1. The Morgan fingerprint density at radius 2 is 1.90 bits per heavy atom. The largest absolute Gasteiger partial charge is 0.480 e. The number of carboxylic acid groups (broad SMARTS) is 1. The maximum atomic E-state index is 12.4. The van der Waals surface area contributed by atoms with Crippen molar-refractivity contribution in [3.63, 3.8) is 0 Å². The molecule has 0 bridgehead atoms. The Kier molecular flexibility index (Phi) is 5.15. The minimum atomic E-state index is -0.922. The van der Waals surface area contributed by atoms with Gasteiger partial charge in [-0.15, -0.1) is 11.8 Å². The molecular weight excluding hydrogens is 278 g/mol. The number of amides is 2. The fraction of sp³-hybridized carbons (Fsp3) is 0.846. The maximum Gasteiger partial charge on any atom is 0.333 e. The van der Waals surface area contributed by atoms with Gasteiger partial charge in [-0.25, -0.2) is 14.6 Å². The van der Waals surface area contributed by atoms with Crippen LogP contribution in [0.5, 0.6) is 0 Å². The van der Waals surface area contributed by atoms with E-state index in [0.29, 0.717) is 5.75 Å². The number of hydrazine groups is 1. The Balaban J connectivity index is 2.04. The van der Waals surface area contributed by atoms with E-state index in [0.717, 1.165) is 25.9 Å². The number of hydrogen-bond donors (Lipinski definition) is 2. The molecule has 0 spiro atoms. The lowest BCUT2D eigenvalue weighted by molar-refractivity contribution is -0.141. The zero-order valence-electron chi connectivity index (χ0n) is 12.0. The number of aliphatic carboxylic acids is 1. The van der Waals surface area contributed by atoms with Gasteiger partial charge in [0.1, 0.15) is 6.04 Å². The van der Waals surface area contributed by atoms with Gasteiger partial charge >= 0.3 is 12.0 Å². The lowest BCUT2D eigenvalue weighted by Crippen LogP contribution is -2.56. The van der Waals surface area contributed by atoms with Gasteiger partial charge < -0.3 is 5.11 Å². The van der Waals surface area contributed by atoms with Crippen molar-refractivity contribution in [2.45, 2.75) is 44.5 Å². The van der Waals surface area contributed by atoms with Crippen LogP contribution < -0.4 is 5.43 Å². The van der Waals surface area contributed by atoms with Gasteiger partial charge in [-0.2, -0.15) is 0 Å². The number of carbonyl (C=O) groups is 2. The zero-order valence-corrected chi connectivity index (χ0v) is 12.9. The van der Waals surface area contributed by atoms with E-state index in [2.05, 4.69) is 5.43 Å². The number of nitrogens with zero attached hydrogens (tertiary/aromatic N) is 2. The van der Waals surface area contributed by atoms with Crippen molar-refractivity contribution in [2.75, 3.05) is 18.8 Å². The summed E-state index contributed by atoms with van der Waals surface area (Å²) >= 11 is 1.55. The highest BCUT2D eigenvalue weighted by atomic mass is 32.2. The average Bonchev–Trinajstić information content (AvgIpc) is 2.84. The van der Waals surface area contributed by atoms with Crippen LogP contribution in [0.3, 0.4) is 0 Å². The molecule has 20 heavy (non-hydrogen) atoms.